The van der Waals surface area contributed by atoms with Crippen LogP contribution in [0, 0.1) is 38.9 Å². The van der Waals surface area contributed by atoms with E-state index in [0.717, 1.165) is 18.4 Å². The summed E-state index contributed by atoms with van der Waals surface area (Å²) in [5, 5.41) is 19.8. The summed E-state index contributed by atoms with van der Waals surface area (Å²) in [6.07, 6.45) is 9.02. The maximum Gasteiger partial charge on any atom is 0.168 e. The number of hydrogen-bond acceptors (Lipinski definition) is 2. The number of hydrogen-bond donors (Lipinski definition) is 0. The first-order valence-electron chi connectivity index (χ1n) is 8.65. The Bertz CT molecular complexity index is 756. The van der Waals surface area contributed by atoms with Crippen LogP contribution in [0.5, 0.6) is 0 Å². The average Bonchev–Trinajstić information content (AvgIpc) is 2.70. The molecule has 24 heavy (non-hydrogen) atoms. The summed E-state index contributed by atoms with van der Waals surface area (Å²) in [5.41, 5.74) is 1.06. The zero-order valence-corrected chi connectivity index (χ0v) is 14.7. The number of allylic oxidation sites excluding steroid dienone is 4. The van der Waals surface area contributed by atoms with E-state index in [0.29, 0.717) is 6.42 Å². The largest absolute Gasteiger partial charge is 0.196 e. The molecule has 3 rings (SSSR count). The van der Waals surface area contributed by atoms with Crippen LogP contribution in [0.4, 0.5) is 0 Å². The van der Waals surface area contributed by atoms with E-state index >= 15 is 0 Å². The molecule has 122 valence electrons. The van der Waals surface area contributed by atoms with Gasteiger partial charge < -0.3 is 0 Å². The van der Waals surface area contributed by atoms with Gasteiger partial charge in [0.05, 0.1) is 12.1 Å². The third kappa shape index (κ3) is 2.47. The molecule has 1 unspecified atom stereocenters. The van der Waals surface area contributed by atoms with E-state index in [4.69, 9.17) is 0 Å². The van der Waals surface area contributed by atoms with E-state index in [2.05, 4.69) is 69.3 Å². The number of nitriles is 2. The Morgan fingerprint density at radius 3 is 2.29 bits per heavy atom. The molecule has 2 nitrogen and oxygen atoms in total. The molecule has 0 bridgehead atoms. The lowest BCUT2D eigenvalue weighted by Crippen LogP contribution is -2.39. The van der Waals surface area contributed by atoms with Crippen LogP contribution in [-0.4, -0.2) is 0 Å². The molecule has 0 aliphatic heterocycles. The molecule has 2 atom stereocenters. The summed E-state index contributed by atoms with van der Waals surface area (Å²) in [5.74, 6) is 0.199. The molecule has 0 amide bonds. The number of benzene rings is 1. The SMILES string of the molecule is CC1(C)C=C2C(C#N)(C#N)CC=CC(c3ccccc3)[C@]2(C)CC1. The summed E-state index contributed by atoms with van der Waals surface area (Å²) in [6.45, 7) is 6.65. The van der Waals surface area contributed by atoms with Crippen molar-refractivity contribution >= 4 is 0 Å². The van der Waals surface area contributed by atoms with Gasteiger partial charge in [0.15, 0.2) is 5.41 Å². The third-order valence-corrected chi connectivity index (χ3v) is 5.88. The monoisotopic (exact) mass is 316 g/mol. The van der Waals surface area contributed by atoms with Crippen molar-refractivity contribution in [2.75, 3.05) is 0 Å². The number of rotatable bonds is 1. The second-order valence-electron chi connectivity index (χ2n) is 8.11. The highest BCUT2D eigenvalue weighted by Gasteiger charge is 2.52. The van der Waals surface area contributed by atoms with Crippen molar-refractivity contribution in [2.24, 2.45) is 16.2 Å². The summed E-state index contributed by atoms with van der Waals surface area (Å²) in [7, 11) is 0. The Morgan fingerprint density at radius 2 is 1.67 bits per heavy atom. The van der Waals surface area contributed by atoms with Crippen molar-refractivity contribution in [1.82, 2.24) is 0 Å². The van der Waals surface area contributed by atoms with Gasteiger partial charge in [0.1, 0.15) is 0 Å². The number of fused-ring (bicyclic) bond motifs is 1. The van der Waals surface area contributed by atoms with Crippen LogP contribution < -0.4 is 0 Å². The molecule has 1 aromatic rings. The lowest BCUT2D eigenvalue weighted by atomic mass is 9.55. The lowest BCUT2D eigenvalue weighted by molar-refractivity contribution is 0.216. The van der Waals surface area contributed by atoms with E-state index in [1.807, 2.05) is 12.1 Å². The number of nitrogens with zero attached hydrogens (tertiary/aromatic N) is 2. The Labute approximate surface area is 145 Å². The van der Waals surface area contributed by atoms with Crippen LogP contribution in [-0.2, 0) is 0 Å². The van der Waals surface area contributed by atoms with Gasteiger partial charge in [0.25, 0.3) is 0 Å². The van der Waals surface area contributed by atoms with E-state index in [9.17, 15) is 10.5 Å². The first-order valence-corrected chi connectivity index (χ1v) is 8.65. The summed E-state index contributed by atoms with van der Waals surface area (Å²) in [4.78, 5) is 0. The third-order valence-electron chi connectivity index (χ3n) is 5.88. The molecule has 0 aromatic heterocycles. The molecular weight excluding hydrogens is 292 g/mol. The van der Waals surface area contributed by atoms with Crippen molar-refractivity contribution in [1.29, 1.82) is 10.5 Å². The Kier molecular flexibility index (Phi) is 3.89. The molecule has 2 heteroatoms. The van der Waals surface area contributed by atoms with Gasteiger partial charge in [-0.15, -0.1) is 0 Å². The molecule has 0 radical (unpaired) electrons. The average molecular weight is 316 g/mol. The lowest BCUT2D eigenvalue weighted by Gasteiger charge is -2.47. The van der Waals surface area contributed by atoms with Gasteiger partial charge in [0, 0.05) is 17.8 Å². The van der Waals surface area contributed by atoms with Crippen molar-refractivity contribution in [3.63, 3.8) is 0 Å². The highest BCUT2D eigenvalue weighted by atomic mass is 14.6. The molecule has 0 heterocycles. The van der Waals surface area contributed by atoms with Crippen LogP contribution in [0.25, 0.3) is 0 Å². The van der Waals surface area contributed by atoms with Crippen molar-refractivity contribution in [3.05, 3.63) is 59.7 Å². The van der Waals surface area contributed by atoms with E-state index in [1.165, 1.54) is 5.56 Å². The minimum atomic E-state index is -1.05. The fraction of sp³-hybridized carbons (Fsp3) is 0.455. The van der Waals surface area contributed by atoms with Crippen LogP contribution >= 0.6 is 0 Å². The molecule has 2 aliphatic rings. The molecule has 0 saturated carbocycles. The summed E-state index contributed by atoms with van der Waals surface area (Å²) in [6, 6.07) is 15.2. The topological polar surface area (TPSA) is 47.6 Å². The zero-order chi connectivity index (χ0) is 17.4. The highest BCUT2D eigenvalue weighted by molar-refractivity contribution is 5.46. The van der Waals surface area contributed by atoms with Gasteiger partial charge in [-0.3, -0.25) is 0 Å². The van der Waals surface area contributed by atoms with Crippen LogP contribution in [0.2, 0.25) is 0 Å². The molecule has 0 N–H and O–H groups in total. The summed E-state index contributed by atoms with van der Waals surface area (Å²) >= 11 is 0. The first-order chi connectivity index (χ1) is 11.4. The molecular formula is C22H24N2. The van der Waals surface area contributed by atoms with Gasteiger partial charge in [-0.25, -0.2) is 0 Å². The standard InChI is InChI=1S/C22H24N2/c1-20(2)12-13-21(3)18(17-8-5-4-6-9-17)10-7-11-22(15-23,16-24)19(21)14-20/h4-10,14,18H,11-13H2,1-3H3/t18?,21-/m0/s1. The fourth-order valence-electron chi connectivity index (χ4n) is 4.36. The Hall–Kier alpha value is -2.32. The van der Waals surface area contributed by atoms with Crippen LogP contribution in [0.3, 0.4) is 0 Å². The molecule has 2 aliphatic carbocycles. The normalized spacial score (nSPS) is 30.2. The van der Waals surface area contributed by atoms with E-state index < -0.39 is 5.41 Å². The quantitative estimate of drug-likeness (QED) is 0.641. The highest BCUT2D eigenvalue weighted by Crippen LogP contribution is 2.59. The zero-order valence-electron chi connectivity index (χ0n) is 14.7. The van der Waals surface area contributed by atoms with Crippen LogP contribution in [0.1, 0.15) is 51.5 Å². The Balaban J connectivity index is 2.24. The van der Waals surface area contributed by atoms with E-state index in [1.54, 1.807) is 0 Å². The van der Waals surface area contributed by atoms with Gasteiger partial charge in [-0.05, 0) is 29.4 Å². The van der Waals surface area contributed by atoms with Gasteiger partial charge in [0.2, 0.25) is 0 Å². The van der Waals surface area contributed by atoms with Gasteiger partial charge >= 0.3 is 0 Å². The van der Waals surface area contributed by atoms with Crippen molar-refractivity contribution in [2.45, 2.75) is 46.0 Å². The van der Waals surface area contributed by atoms with Crippen molar-refractivity contribution < 1.29 is 0 Å². The second kappa shape index (κ2) is 5.64. The fourth-order valence-corrected chi connectivity index (χ4v) is 4.36. The molecule has 0 spiro atoms. The van der Waals surface area contributed by atoms with Crippen LogP contribution in [0.15, 0.2) is 54.1 Å². The van der Waals surface area contributed by atoms with Gasteiger partial charge in [-0.1, -0.05) is 69.3 Å². The van der Waals surface area contributed by atoms with Crippen molar-refractivity contribution in [3.8, 4) is 12.1 Å². The second-order valence-corrected chi connectivity index (χ2v) is 8.11. The maximum atomic E-state index is 9.90. The minimum Gasteiger partial charge on any atom is -0.196 e. The predicted octanol–water partition coefficient (Wildman–Crippen LogP) is 5.52. The predicted molar refractivity (Wildman–Crippen MR) is 95.8 cm³/mol. The smallest absolute Gasteiger partial charge is 0.168 e. The van der Waals surface area contributed by atoms with Gasteiger partial charge in [-0.2, -0.15) is 10.5 Å². The molecule has 1 aromatic carbocycles. The Morgan fingerprint density at radius 1 is 1.00 bits per heavy atom. The maximum absolute atomic E-state index is 9.90. The molecule has 0 saturated heterocycles. The summed E-state index contributed by atoms with van der Waals surface area (Å²) < 4.78 is 0. The molecule has 0 fully saturated rings. The first kappa shape index (κ1) is 16.5. The van der Waals surface area contributed by atoms with E-state index in [-0.39, 0.29) is 16.7 Å². The minimum absolute atomic E-state index is 0.0272.